The molecular formula is C9H7F3N4. The molecule has 84 valence electrons. The quantitative estimate of drug-likeness (QED) is 0.785. The number of halogens is 3. The molecule has 4 nitrogen and oxygen atoms in total. The number of aromatic nitrogens is 3. The molecule has 7 heteroatoms. The van der Waals surface area contributed by atoms with Gasteiger partial charge in [-0.1, -0.05) is 0 Å². The van der Waals surface area contributed by atoms with Gasteiger partial charge in [0.25, 0.3) is 0 Å². The summed E-state index contributed by atoms with van der Waals surface area (Å²) in [5, 5.41) is 0. The van der Waals surface area contributed by atoms with Crippen LogP contribution in [0.15, 0.2) is 24.5 Å². The van der Waals surface area contributed by atoms with Crippen molar-refractivity contribution in [1.29, 1.82) is 0 Å². The molecule has 0 saturated heterocycles. The second-order valence-electron chi connectivity index (χ2n) is 3.07. The first kappa shape index (κ1) is 10.5. The zero-order valence-corrected chi connectivity index (χ0v) is 7.92. The van der Waals surface area contributed by atoms with Gasteiger partial charge < -0.3 is 10.7 Å². The molecule has 0 aliphatic rings. The highest BCUT2D eigenvalue weighted by Gasteiger charge is 2.35. The van der Waals surface area contributed by atoms with Crippen molar-refractivity contribution in [1.82, 2.24) is 15.0 Å². The fraction of sp³-hybridized carbons (Fsp3) is 0.111. The molecule has 0 aliphatic carbocycles. The summed E-state index contributed by atoms with van der Waals surface area (Å²) in [6, 6.07) is 3.37. The number of hydrogen-bond donors (Lipinski definition) is 2. The standard InChI is InChI=1S/C9H7F3N4/c10-9(11,12)8-15-4-5(7(13)16-8)6-2-1-3-14-6/h1-4,14H,(H2,13,15,16). The largest absolute Gasteiger partial charge is 0.451 e. The number of nitrogen functional groups attached to an aromatic ring is 1. The first-order valence-electron chi connectivity index (χ1n) is 4.32. The van der Waals surface area contributed by atoms with Crippen molar-refractivity contribution < 1.29 is 13.2 Å². The Morgan fingerprint density at radius 2 is 2.06 bits per heavy atom. The van der Waals surface area contributed by atoms with Gasteiger partial charge in [0.2, 0.25) is 5.82 Å². The molecule has 0 amide bonds. The molecule has 16 heavy (non-hydrogen) atoms. The van der Waals surface area contributed by atoms with Crippen molar-refractivity contribution in [2.75, 3.05) is 5.73 Å². The van der Waals surface area contributed by atoms with Crippen LogP contribution in [0.1, 0.15) is 5.82 Å². The summed E-state index contributed by atoms with van der Waals surface area (Å²) in [4.78, 5) is 9.26. The lowest BCUT2D eigenvalue weighted by Gasteiger charge is -2.07. The summed E-state index contributed by atoms with van der Waals surface area (Å²) >= 11 is 0. The molecule has 0 spiro atoms. The highest BCUT2D eigenvalue weighted by Crippen LogP contribution is 2.29. The molecule has 2 heterocycles. The van der Waals surface area contributed by atoms with Crippen LogP contribution < -0.4 is 5.73 Å². The predicted molar refractivity (Wildman–Crippen MR) is 51.2 cm³/mol. The SMILES string of the molecule is Nc1nc(C(F)(F)F)ncc1-c1ccc[nH]1. The molecule has 0 aliphatic heterocycles. The van der Waals surface area contributed by atoms with Gasteiger partial charge in [-0.05, 0) is 12.1 Å². The number of hydrogen-bond acceptors (Lipinski definition) is 3. The highest BCUT2D eigenvalue weighted by atomic mass is 19.4. The molecular weight excluding hydrogens is 221 g/mol. The Labute approximate surface area is 88.3 Å². The number of H-pyrrole nitrogens is 1. The lowest BCUT2D eigenvalue weighted by molar-refractivity contribution is -0.144. The molecule has 0 bridgehead atoms. The lowest BCUT2D eigenvalue weighted by Crippen LogP contribution is -2.12. The first-order chi connectivity index (χ1) is 7.48. The van der Waals surface area contributed by atoms with E-state index in [2.05, 4.69) is 15.0 Å². The van der Waals surface area contributed by atoms with Crippen molar-refractivity contribution >= 4 is 5.82 Å². The Kier molecular flexibility index (Phi) is 2.30. The Hall–Kier alpha value is -2.05. The average molecular weight is 228 g/mol. The first-order valence-corrected chi connectivity index (χ1v) is 4.32. The van der Waals surface area contributed by atoms with E-state index in [-0.39, 0.29) is 5.82 Å². The van der Waals surface area contributed by atoms with Crippen LogP contribution in [0.2, 0.25) is 0 Å². The lowest BCUT2D eigenvalue weighted by atomic mass is 10.2. The Morgan fingerprint density at radius 1 is 1.31 bits per heavy atom. The van der Waals surface area contributed by atoms with Gasteiger partial charge in [0.15, 0.2) is 0 Å². The van der Waals surface area contributed by atoms with E-state index in [1.54, 1.807) is 18.3 Å². The molecule has 0 radical (unpaired) electrons. The van der Waals surface area contributed by atoms with Gasteiger partial charge in [-0.15, -0.1) is 0 Å². The fourth-order valence-corrected chi connectivity index (χ4v) is 1.24. The van der Waals surface area contributed by atoms with E-state index in [0.29, 0.717) is 11.3 Å². The van der Waals surface area contributed by atoms with Crippen LogP contribution in [-0.4, -0.2) is 15.0 Å². The van der Waals surface area contributed by atoms with Crippen molar-refractivity contribution in [3.05, 3.63) is 30.4 Å². The van der Waals surface area contributed by atoms with Crippen LogP contribution in [0.5, 0.6) is 0 Å². The predicted octanol–water partition coefficient (Wildman–Crippen LogP) is 2.07. The van der Waals surface area contributed by atoms with E-state index in [4.69, 9.17) is 5.73 Å². The van der Waals surface area contributed by atoms with E-state index in [1.807, 2.05) is 0 Å². The van der Waals surface area contributed by atoms with E-state index in [0.717, 1.165) is 6.20 Å². The second kappa shape index (κ2) is 3.51. The van der Waals surface area contributed by atoms with Gasteiger partial charge >= 0.3 is 6.18 Å². The van der Waals surface area contributed by atoms with E-state index < -0.39 is 12.0 Å². The molecule has 2 rings (SSSR count). The summed E-state index contributed by atoms with van der Waals surface area (Å²) in [6.45, 7) is 0. The summed E-state index contributed by atoms with van der Waals surface area (Å²) in [5.41, 5.74) is 6.36. The molecule has 3 N–H and O–H groups in total. The molecule has 0 aromatic carbocycles. The number of aromatic amines is 1. The molecule has 2 aromatic rings. The minimum Gasteiger partial charge on any atom is -0.383 e. The molecule has 0 unspecified atom stereocenters. The van der Waals surface area contributed by atoms with Gasteiger partial charge in [0.05, 0.1) is 11.3 Å². The van der Waals surface area contributed by atoms with E-state index in [1.165, 1.54) is 0 Å². The minimum atomic E-state index is -4.58. The van der Waals surface area contributed by atoms with Crippen LogP contribution in [-0.2, 0) is 6.18 Å². The Bertz CT molecular complexity index is 490. The van der Waals surface area contributed by atoms with E-state index in [9.17, 15) is 13.2 Å². The molecule has 0 fully saturated rings. The summed E-state index contributed by atoms with van der Waals surface area (Å²) in [7, 11) is 0. The van der Waals surface area contributed by atoms with Crippen LogP contribution in [0.3, 0.4) is 0 Å². The van der Waals surface area contributed by atoms with Crippen LogP contribution in [0.25, 0.3) is 11.3 Å². The van der Waals surface area contributed by atoms with Crippen molar-refractivity contribution in [3.63, 3.8) is 0 Å². The monoisotopic (exact) mass is 228 g/mol. The van der Waals surface area contributed by atoms with Gasteiger partial charge in [-0.25, -0.2) is 9.97 Å². The molecule has 0 atom stereocenters. The van der Waals surface area contributed by atoms with Crippen molar-refractivity contribution in [2.45, 2.75) is 6.18 Å². The van der Waals surface area contributed by atoms with Crippen LogP contribution in [0, 0.1) is 0 Å². The number of anilines is 1. The zero-order valence-electron chi connectivity index (χ0n) is 7.92. The normalized spacial score (nSPS) is 11.7. The number of alkyl halides is 3. The van der Waals surface area contributed by atoms with Gasteiger partial charge in [-0.3, -0.25) is 0 Å². The maximum Gasteiger partial charge on any atom is 0.451 e. The smallest absolute Gasteiger partial charge is 0.383 e. The minimum absolute atomic E-state index is 0.204. The topological polar surface area (TPSA) is 67.6 Å². The number of nitrogens with one attached hydrogen (secondary N) is 1. The Balaban J connectivity index is 2.46. The van der Waals surface area contributed by atoms with Crippen molar-refractivity contribution in [3.8, 4) is 11.3 Å². The van der Waals surface area contributed by atoms with Gasteiger partial charge in [0, 0.05) is 12.4 Å². The van der Waals surface area contributed by atoms with Gasteiger partial charge in [-0.2, -0.15) is 13.2 Å². The zero-order chi connectivity index (χ0) is 11.8. The Morgan fingerprint density at radius 3 is 2.56 bits per heavy atom. The number of nitrogens with two attached hydrogens (primary N) is 1. The number of nitrogens with zero attached hydrogens (tertiary/aromatic N) is 2. The third kappa shape index (κ3) is 1.83. The maximum atomic E-state index is 12.3. The van der Waals surface area contributed by atoms with Crippen LogP contribution in [0.4, 0.5) is 19.0 Å². The second-order valence-corrected chi connectivity index (χ2v) is 3.07. The highest BCUT2D eigenvalue weighted by molar-refractivity contribution is 5.69. The van der Waals surface area contributed by atoms with Crippen LogP contribution >= 0.6 is 0 Å². The average Bonchev–Trinajstić information content (AvgIpc) is 2.69. The summed E-state index contributed by atoms with van der Waals surface area (Å²) in [6.07, 6.45) is -1.90. The number of rotatable bonds is 1. The van der Waals surface area contributed by atoms with Crippen molar-refractivity contribution in [2.24, 2.45) is 0 Å². The third-order valence-electron chi connectivity index (χ3n) is 1.96. The summed E-state index contributed by atoms with van der Waals surface area (Å²) < 4.78 is 36.8. The van der Waals surface area contributed by atoms with Gasteiger partial charge in [0.1, 0.15) is 5.82 Å². The maximum absolute atomic E-state index is 12.3. The molecule has 0 saturated carbocycles. The summed E-state index contributed by atoms with van der Waals surface area (Å²) in [5.74, 6) is -1.44. The fourth-order valence-electron chi connectivity index (χ4n) is 1.24. The van der Waals surface area contributed by atoms with E-state index >= 15 is 0 Å². The molecule has 2 aromatic heterocycles. The third-order valence-corrected chi connectivity index (χ3v) is 1.96.